The molecule has 9 heteroatoms. The summed E-state index contributed by atoms with van der Waals surface area (Å²) in [6.45, 7) is 5.93. The van der Waals surface area contributed by atoms with Crippen LogP contribution in [-0.4, -0.2) is 48.5 Å². The number of carbonyl (C=O) groups is 1. The molecular weight excluding hydrogens is 500 g/mol. The number of aliphatic hydroxyl groups excluding tert-OH is 1. The van der Waals surface area contributed by atoms with Gasteiger partial charge < -0.3 is 24.3 Å². The molecule has 5 rings (SSSR count). The Kier molecular flexibility index (Phi) is 6.81. The third-order valence-electron chi connectivity index (χ3n) is 7.97. The summed E-state index contributed by atoms with van der Waals surface area (Å²) >= 11 is 0. The molecule has 1 fully saturated rings. The van der Waals surface area contributed by atoms with Gasteiger partial charge in [0.05, 0.1) is 25.4 Å². The molecule has 1 aromatic heterocycles. The molecule has 2 aliphatic heterocycles. The Hall–Kier alpha value is -3.24. The highest BCUT2D eigenvalue weighted by atomic mass is 28.4. The van der Waals surface area contributed by atoms with Crippen LogP contribution in [0.15, 0.2) is 71.7 Å². The minimum Gasteiger partial charge on any atom is -0.491 e. The smallest absolute Gasteiger partial charge is 0.297 e. The van der Waals surface area contributed by atoms with Gasteiger partial charge in [-0.15, -0.1) is 0 Å². The van der Waals surface area contributed by atoms with E-state index in [0.717, 1.165) is 5.56 Å². The number of anilines is 1. The van der Waals surface area contributed by atoms with Crippen LogP contribution in [0, 0.1) is 5.92 Å². The van der Waals surface area contributed by atoms with E-state index < -0.39 is 20.0 Å². The molecule has 2 aliphatic rings. The van der Waals surface area contributed by atoms with Gasteiger partial charge in [-0.05, 0) is 55.4 Å². The summed E-state index contributed by atoms with van der Waals surface area (Å²) in [5.41, 5.74) is 1.01. The molecule has 3 aromatic rings. The predicted molar refractivity (Wildman–Crippen MR) is 147 cm³/mol. The van der Waals surface area contributed by atoms with Crippen LogP contribution in [0.3, 0.4) is 0 Å². The zero-order chi connectivity index (χ0) is 27.2. The summed E-state index contributed by atoms with van der Waals surface area (Å²) in [6.07, 6.45) is 1.51. The van der Waals surface area contributed by atoms with Crippen LogP contribution in [0.1, 0.15) is 24.5 Å². The van der Waals surface area contributed by atoms with E-state index >= 15 is 0 Å². The lowest BCUT2D eigenvalue weighted by molar-refractivity contribution is -0.146. The minimum absolute atomic E-state index is 0.109. The van der Waals surface area contributed by atoms with Gasteiger partial charge in [-0.25, -0.2) is 0 Å². The lowest BCUT2D eigenvalue weighted by Gasteiger charge is -2.32. The molecule has 2 N–H and O–H groups in total. The highest BCUT2D eigenvalue weighted by Crippen LogP contribution is 2.60. The number of hydrogen-bond acceptors (Lipinski definition) is 6. The van der Waals surface area contributed by atoms with Crippen LogP contribution >= 0.6 is 0 Å². The van der Waals surface area contributed by atoms with E-state index in [-0.39, 0.29) is 35.3 Å². The lowest BCUT2D eigenvalue weighted by Crippen LogP contribution is -2.46. The standard InChI is InChI=1S/C29H34N2O6Si/c1-19-26(38(3,4)35)24(14-16-32)37-29(19)22-17-21(30-15-8-11-25(36-2)27(30)33)12-13-23(22)31(28(29)34)18-20-9-6-5-7-10-20/h5-13,15,17,19,24,26,32,35H,14,16,18H2,1-4H3/t19-,24+,26-,29+/m0/s1. The largest absolute Gasteiger partial charge is 0.491 e. The van der Waals surface area contributed by atoms with Crippen molar-refractivity contribution in [3.8, 4) is 11.4 Å². The molecule has 8 nitrogen and oxygen atoms in total. The zero-order valence-corrected chi connectivity index (χ0v) is 23.1. The lowest BCUT2D eigenvalue weighted by atomic mass is 9.82. The van der Waals surface area contributed by atoms with Gasteiger partial charge in [-0.2, -0.15) is 0 Å². The molecule has 0 aliphatic carbocycles. The maximum Gasteiger partial charge on any atom is 0.297 e. The molecule has 2 aromatic carbocycles. The zero-order valence-electron chi connectivity index (χ0n) is 22.1. The van der Waals surface area contributed by atoms with E-state index in [1.165, 1.54) is 11.7 Å². The van der Waals surface area contributed by atoms with Crippen molar-refractivity contribution in [2.75, 3.05) is 18.6 Å². The van der Waals surface area contributed by atoms with Crippen molar-refractivity contribution < 1.29 is 24.2 Å². The van der Waals surface area contributed by atoms with Crippen molar-refractivity contribution in [3.05, 3.63) is 88.3 Å². The number of hydrogen-bond donors (Lipinski definition) is 2. The van der Waals surface area contributed by atoms with Gasteiger partial charge in [0.1, 0.15) is 0 Å². The van der Waals surface area contributed by atoms with E-state index in [1.807, 2.05) is 68.5 Å². The van der Waals surface area contributed by atoms with Crippen molar-refractivity contribution in [1.82, 2.24) is 4.57 Å². The number of benzene rings is 2. The fourth-order valence-electron chi connectivity index (χ4n) is 6.37. The van der Waals surface area contributed by atoms with E-state index in [1.54, 1.807) is 23.2 Å². The number of methoxy groups -OCH3 is 1. The van der Waals surface area contributed by atoms with E-state index in [2.05, 4.69) is 0 Å². The van der Waals surface area contributed by atoms with E-state index in [9.17, 15) is 19.5 Å². The van der Waals surface area contributed by atoms with Gasteiger partial charge in [-0.1, -0.05) is 37.3 Å². The highest BCUT2D eigenvalue weighted by Gasteiger charge is 2.66. The molecule has 38 heavy (non-hydrogen) atoms. The first-order valence-electron chi connectivity index (χ1n) is 12.9. The van der Waals surface area contributed by atoms with Crippen LogP contribution in [0.25, 0.3) is 5.69 Å². The molecule has 0 unspecified atom stereocenters. The second kappa shape index (κ2) is 9.81. The molecular formula is C29H34N2O6Si. The summed E-state index contributed by atoms with van der Waals surface area (Å²) in [5.74, 6) is -0.330. The molecule has 0 bridgehead atoms. The minimum atomic E-state index is -2.81. The van der Waals surface area contributed by atoms with Gasteiger partial charge in [0.2, 0.25) is 0 Å². The molecule has 200 valence electrons. The van der Waals surface area contributed by atoms with Crippen LogP contribution < -0.4 is 15.2 Å². The second-order valence-electron chi connectivity index (χ2n) is 10.7. The summed E-state index contributed by atoms with van der Waals surface area (Å²) in [4.78, 5) is 40.5. The average molecular weight is 535 g/mol. The van der Waals surface area contributed by atoms with Crippen LogP contribution in [-0.2, 0) is 21.7 Å². The number of amides is 1. The predicted octanol–water partition coefficient (Wildman–Crippen LogP) is 3.57. The molecule has 3 heterocycles. The normalized spacial score (nSPS) is 24.7. The van der Waals surface area contributed by atoms with Crippen LogP contribution in [0.2, 0.25) is 18.6 Å². The quantitative estimate of drug-likeness (QED) is 0.450. The number of pyridine rings is 1. The topological polar surface area (TPSA) is 101 Å². The van der Waals surface area contributed by atoms with Gasteiger partial charge in [0, 0.05) is 35.5 Å². The molecule has 1 saturated heterocycles. The van der Waals surface area contributed by atoms with Crippen LogP contribution in [0.4, 0.5) is 5.69 Å². The number of rotatable bonds is 7. The third-order valence-corrected chi connectivity index (χ3v) is 10.5. The summed E-state index contributed by atoms with van der Waals surface area (Å²) in [7, 11) is -1.35. The first-order valence-corrected chi connectivity index (χ1v) is 15.9. The Morgan fingerprint density at radius 2 is 1.82 bits per heavy atom. The third kappa shape index (κ3) is 4.10. The molecule has 1 amide bonds. The Balaban J connectivity index is 1.70. The number of ether oxygens (including phenoxy) is 2. The fraction of sp³-hybridized carbons (Fsp3) is 0.379. The fourth-order valence-corrected chi connectivity index (χ4v) is 8.97. The van der Waals surface area contributed by atoms with Crippen molar-refractivity contribution in [3.63, 3.8) is 0 Å². The SMILES string of the molecule is COc1cccn(-c2ccc3c(c2)[C@@]2(O[C@H](CCO)[C@@H]([Si](C)(C)O)[C@@H]2C)C(=O)N3Cc2ccccc2)c1=O. The van der Waals surface area contributed by atoms with E-state index in [4.69, 9.17) is 9.47 Å². The van der Waals surface area contributed by atoms with Crippen molar-refractivity contribution in [1.29, 1.82) is 0 Å². The van der Waals surface area contributed by atoms with Gasteiger partial charge in [0.25, 0.3) is 11.5 Å². The number of fused-ring (bicyclic) bond motifs is 2. The number of aliphatic hydroxyl groups is 1. The number of carbonyl (C=O) groups excluding carboxylic acids is 1. The Morgan fingerprint density at radius 3 is 2.47 bits per heavy atom. The first-order chi connectivity index (χ1) is 18.1. The van der Waals surface area contributed by atoms with E-state index in [0.29, 0.717) is 29.9 Å². The van der Waals surface area contributed by atoms with Crippen molar-refractivity contribution in [2.45, 2.75) is 50.2 Å². The number of nitrogens with zero attached hydrogens (tertiary/aromatic N) is 2. The van der Waals surface area contributed by atoms with Crippen molar-refractivity contribution in [2.24, 2.45) is 5.92 Å². The molecule has 1 spiro atoms. The highest BCUT2D eigenvalue weighted by molar-refractivity contribution is 6.71. The van der Waals surface area contributed by atoms with Gasteiger partial charge in [-0.3, -0.25) is 14.2 Å². The molecule has 0 saturated carbocycles. The Morgan fingerprint density at radius 1 is 1.08 bits per heavy atom. The summed E-state index contributed by atoms with van der Waals surface area (Å²) < 4.78 is 13.4. The number of aromatic nitrogens is 1. The van der Waals surface area contributed by atoms with Gasteiger partial charge in [0.15, 0.2) is 19.7 Å². The summed E-state index contributed by atoms with van der Waals surface area (Å²) in [5, 5.41) is 9.82. The second-order valence-corrected chi connectivity index (χ2v) is 14.7. The maximum atomic E-state index is 14.4. The van der Waals surface area contributed by atoms with Crippen molar-refractivity contribution >= 4 is 19.9 Å². The molecule has 4 atom stereocenters. The molecule has 0 radical (unpaired) electrons. The monoisotopic (exact) mass is 534 g/mol. The Bertz CT molecular complexity index is 1400. The average Bonchev–Trinajstić information content (AvgIpc) is 3.31. The van der Waals surface area contributed by atoms with Crippen LogP contribution in [0.5, 0.6) is 5.75 Å². The summed E-state index contributed by atoms with van der Waals surface area (Å²) in [6, 6.07) is 18.6. The Labute approximate surface area is 223 Å². The van der Waals surface area contributed by atoms with Gasteiger partial charge >= 0.3 is 0 Å². The first kappa shape index (κ1) is 26.4. The maximum absolute atomic E-state index is 14.4.